The maximum absolute atomic E-state index is 5.91. The van der Waals surface area contributed by atoms with Crippen LogP contribution in [-0.4, -0.2) is 25.7 Å². The van der Waals surface area contributed by atoms with Crippen LogP contribution in [0.15, 0.2) is 18.2 Å². The largest absolute Gasteiger partial charge is 0.490 e. The lowest BCUT2D eigenvalue weighted by atomic mass is 10.3. The summed E-state index contributed by atoms with van der Waals surface area (Å²) in [6.07, 6.45) is 0. The van der Waals surface area contributed by atoms with E-state index in [-0.39, 0.29) is 5.38 Å². The van der Waals surface area contributed by atoms with Crippen molar-refractivity contribution in [2.24, 2.45) is 0 Å². The molecule has 0 aliphatic carbocycles. The van der Waals surface area contributed by atoms with Crippen molar-refractivity contribution in [2.75, 3.05) is 20.3 Å². The van der Waals surface area contributed by atoms with Crippen LogP contribution in [0.25, 0.3) is 0 Å². The van der Waals surface area contributed by atoms with Gasteiger partial charge in [0.15, 0.2) is 0 Å². The highest BCUT2D eigenvalue weighted by Gasteiger charge is 2.07. The monoisotopic (exact) mass is 268 g/mol. The zero-order valence-electron chi connectivity index (χ0n) is 8.17. The van der Waals surface area contributed by atoms with Crippen molar-refractivity contribution in [3.63, 3.8) is 0 Å². The van der Waals surface area contributed by atoms with Crippen LogP contribution >= 0.6 is 34.8 Å². The molecule has 84 valence electrons. The number of benzene rings is 1. The molecule has 0 bridgehead atoms. The van der Waals surface area contributed by atoms with Gasteiger partial charge in [0.05, 0.1) is 17.0 Å². The van der Waals surface area contributed by atoms with E-state index in [1.807, 2.05) is 0 Å². The first-order valence-electron chi connectivity index (χ1n) is 4.34. The van der Waals surface area contributed by atoms with Crippen LogP contribution < -0.4 is 4.74 Å². The highest BCUT2D eigenvalue weighted by molar-refractivity contribution is 6.35. The van der Waals surface area contributed by atoms with E-state index in [9.17, 15) is 0 Å². The molecule has 1 unspecified atom stereocenters. The van der Waals surface area contributed by atoms with Crippen molar-refractivity contribution < 1.29 is 9.47 Å². The third kappa shape index (κ3) is 4.47. The van der Waals surface area contributed by atoms with Gasteiger partial charge in [-0.1, -0.05) is 23.2 Å². The smallest absolute Gasteiger partial charge is 0.138 e. The summed E-state index contributed by atoms with van der Waals surface area (Å²) >= 11 is 17.5. The van der Waals surface area contributed by atoms with Gasteiger partial charge in [-0.15, -0.1) is 11.6 Å². The average molecular weight is 270 g/mol. The standard InChI is InChI=1S/C10H11Cl3O2/c1-14-5-8(12)6-15-10-3-2-7(11)4-9(10)13/h2-4,8H,5-6H2,1H3. The van der Waals surface area contributed by atoms with E-state index in [2.05, 4.69) is 0 Å². The number of hydrogen-bond donors (Lipinski definition) is 0. The summed E-state index contributed by atoms with van der Waals surface area (Å²) in [6, 6.07) is 5.04. The van der Waals surface area contributed by atoms with Crippen LogP contribution in [0.2, 0.25) is 10.0 Å². The number of rotatable bonds is 5. The predicted octanol–water partition coefficient (Wildman–Crippen LogP) is 3.63. The molecule has 0 aliphatic rings. The summed E-state index contributed by atoms with van der Waals surface area (Å²) in [6.45, 7) is 0.781. The van der Waals surface area contributed by atoms with Gasteiger partial charge in [-0.2, -0.15) is 0 Å². The molecule has 1 atom stereocenters. The van der Waals surface area contributed by atoms with Gasteiger partial charge in [0, 0.05) is 12.1 Å². The summed E-state index contributed by atoms with van der Waals surface area (Å²) in [4.78, 5) is 0. The Morgan fingerprint density at radius 3 is 2.60 bits per heavy atom. The molecule has 0 saturated heterocycles. The molecular weight excluding hydrogens is 258 g/mol. The van der Waals surface area contributed by atoms with Crippen LogP contribution in [-0.2, 0) is 4.74 Å². The van der Waals surface area contributed by atoms with Crippen molar-refractivity contribution in [2.45, 2.75) is 5.38 Å². The number of hydrogen-bond acceptors (Lipinski definition) is 2. The van der Waals surface area contributed by atoms with Crippen molar-refractivity contribution in [3.05, 3.63) is 28.2 Å². The van der Waals surface area contributed by atoms with E-state index in [0.29, 0.717) is 29.0 Å². The van der Waals surface area contributed by atoms with Gasteiger partial charge in [0.1, 0.15) is 12.4 Å². The van der Waals surface area contributed by atoms with Crippen LogP contribution in [0.3, 0.4) is 0 Å². The third-order valence-corrected chi connectivity index (χ3v) is 2.44. The lowest BCUT2D eigenvalue weighted by molar-refractivity contribution is 0.175. The normalized spacial score (nSPS) is 12.5. The topological polar surface area (TPSA) is 18.5 Å². The quantitative estimate of drug-likeness (QED) is 0.760. The van der Waals surface area contributed by atoms with E-state index < -0.39 is 0 Å². The van der Waals surface area contributed by atoms with E-state index in [0.717, 1.165) is 0 Å². The lowest BCUT2D eigenvalue weighted by Crippen LogP contribution is -2.17. The minimum atomic E-state index is -0.193. The zero-order chi connectivity index (χ0) is 11.3. The second-order valence-electron chi connectivity index (χ2n) is 2.94. The number of ether oxygens (including phenoxy) is 2. The van der Waals surface area contributed by atoms with E-state index in [4.69, 9.17) is 44.3 Å². The lowest BCUT2D eigenvalue weighted by Gasteiger charge is -2.11. The Morgan fingerprint density at radius 1 is 1.27 bits per heavy atom. The molecule has 1 aromatic rings. The highest BCUT2D eigenvalue weighted by atomic mass is 35.5. The molecule has 0 aromatic heterocycles. The Hall–Kier alpha value is -0.150. The Bertz CT molecular complexity index is 318. The summed E-state index contributed by atoms with van der Waals surface area (Å²) in [7, 11) is 1.59. The average Bonchev–Trinajstić information content (AvgIpc) is 2.17. The Kier molecular flexibility index (Phi) is 5.54. The van der Waals surface area contributed by atoms with Crippen molar-refractivity contribution in [3.8, 4) is 5.75 Å². The van der Waals surface area contributed by atoms with Crippen molar-refractivity contribution in [1.82, 2.24) is 0 Å². The van der Waals surface area contributed by atoms with Crippen LogP contribution in [0.4, 0.5) is 0 Å². The first kappa shape index (κ1) is 12.9. The second kappa shape index (κ2) is 6.44. The highest BCUT2D eigenvalue weighted by Crippen LogP contribution is 2.27. The molecule has 0 N–H and O–H groups in total. The molecule has 1 rings (SSSR count). The molecule has 0 fully saturated rings. The van der Waals surface area contributed by atoms with Crippen LogP contribution in [0.5, 0.6) is 5.75 Å². The molecular formula is C10H11Cl3O2. The fraction of sp³-hybridized carbons (Fsp3) is 0.400. The molecule has 5 heteroatoms. The molecule has 0 amide bonds. The molecule has 1 aromatic carbocycles. The summed E-state index contributed by atoms with van der Waals surface area (Å²) in [5.74, 6) is 0.572. The SMILES string of the molecule is COCC(Cl)COc1ccc(Cl)cc1Cl. The number of halogens is 3. The first-order valence-corrected chi connectivity index (χ1v) is 5.53. The molecule has 0 saturated carbocycles. The van der Waals surface area contributed by atoms with Crippen LogP contribution in [0.1, 0.15) is 0 Å². The van der Waals surface area contributed by atoms with Gasteiger partial charge in [-0.3, -0.25) is 0 Å². The Balaban J connectivity index is 2.50. The van der Waals surface area contributed by atoms with Gasteiger partial charge in [-0.05, 0) is 18.2 Å². The summed E-state index contributed by atoms with van der Waals surface area (Å²) in [5, 5.41) is 0.859. The first-order chi connectivity index (χ1) is 7.13. The number of methoxy groups -OCH3 is 1. The minimum absolute atomic E-state index is 0.193. The third-order valence-electron chi connectivity index (χ3n) is 1.66. The second-order valence-corrected chi connectivity index (χ2v) is 4.40. The fourth-order valence-electron chi connectivity index (χ4n) is 1.00. The zero-order valence-corrected chi connectivity index (χ0v) is 10.4. The van der Waals surface area contributed by atoms with Gasteiger partial charge in [0.25, 0.3) is 0 Å². The van der Waals surface area contributed by atoms with E-state index in [1.165, 1.54) is 0 Å². The maximum Gasteiger partial charge on any atom is 0.138 e. The summed E-state index contributed by atoms with van der Waals surface area (Å²) < 4.78 is 10.3. The Labute approximate surface area is 104 Å². The molecule has 0 spiro atoms. The fourth-order valence-corrected chi connectivity index (χ4v) is 1.65. The van der Waals surface area contributed by atoms with Crippen molar-refractivity contribution >= 4 is 34.8 Å². The van der Waals surface area contributed by atoms with Gasteiger partial charge < -0.3 is 9.47 Å². The minimum Gasteiger partial charge on any atom is -0.490 e. The maximum atomic E-state index is 5.91. The molecule has 2 nitrogen and oxygen atoms in total. The molecule has 0 radical (unpaired) electrons. The number of alkyl halides is 1. The van der Waals surface area contributed by atoms with Crippen LogP contribution in [0, 0.1) is 0 Å². The summed E-state index contributed by atoms with van der Waals surface area (Å²) in [5.41, 5.74) is 0. The van der Waals surface area contributed by atoms with E-state index >= 15 is 0 Å². The van der Waals surface area contributed by atoms with Crippen molar-refractivity contribution in [1.29, 1.82) is 0 Å². The van der Waals surface area contributed by atoms with E-state index in [1.54, 1.807) is 25.3 Å². The molecule has 0 aliphatic heterocycles. The Morgan fingerprint density at radius 2 is 2.00 bits per heavy atom. The predicted molar refractivity (Wildman–Crippen MR) is 63.5 cm³/mol. The van der Waals surface area contributed by atoms with Gasteiger partial charge >= 0.3 is 0 Å². The molecule has 0 heterocycles. The van der Waals surface area contributed by atoms with Gasteiger partial charge in [0.2, 0.25) is 0 Å². The molecule has 15 heavy (non-hydrogen) atoms. The van der Waals surface area contributed by atoms with Gasteiger partial charge in [-0.25, -0.2) is 0 Å².